The van der Waals surface area contributed by atoms with E-state index in [4.69, 9.17) is 21.5 Å². The molecule has 1 aliphatic rings. The minimum absolute atomic E-state index is 0.0206. The zero-order chi connectivity index (χ0) is 20.9. The van der Waals surface area contributed by atoms with Crippen LogP contribution < -0.4 is 10.8 Å². The van der Waals surface area contributed by atoms with Crippen LogP contribution in [0.4, 0.5) is 14.5 Å². The fraction of sp³-hybridized carbons (Fsp3) is 0.353. The molecule has 1 atom stereocenters. The maximum absolute atomic E-state index is 14.1. The second kappa shape index (κ2) is 10.3. The van der Waals surface area contributed by atoms with Crippen molar-refractivity contribution < 1.29 is 28.6 Å². The number of aliphatic hydroxyl groups is 2. The molecule has 0 spiro atoms. The van der Waals surface area contributed by atoms with Gasteiger partial charge in [0.15, 0.2) is 0 Å². The lowest BCUT2D eigenvalue weighted by atomic mass is 9.99. The number of carbonyl (C=O) groups excluding carboxylic acids is 1. The summed E-state index contributed by atoms with van der Waals surface area (Å²) in [6.45, 7) is -0.494. The van der Waals surface area contributed by atoms with E-state index < -0.39 is 35.4 Å². The predicted octanol–water partition coefficient (Wildman–Crippen LogP) is 3.72. The van der Waals surface area contributed by atoms with Crippen molar-refractivity contribution in [3.05, 3.63) is 48.6 Å². The molecule has 0 fully saturated rings. The SMILES string of the molecule is O=C(NOCCC(O)CO)C1=C(Nc2ccc(I)cc2Cl)CC(F)(F)C(Br)=C1. The van der Waals surface area contributed by atoms with Gasteiger partial charge in [-0.05, 0) is 62.8 Å². The molecule has 4 N–H and O–H groups in total. The van der Waals surface area contributed by atoms with Crippen LogP contribution in [0.5, 0.6) is 0 Å². The lowest BCUT2D eigenvalue weighted by molar-refractivity contribution is -0.130. The van der Waals surface area contributed by atoms with Gasteiger partial charge in [-0.1, -0.05) is 11.6 Å². The van der Waals surface area contributed by atoms with Crippen LogP contribution in [0, 0.1) is 3.57 Å². The van der Waals surface area contributed by atoms with Gasteiger partial charge in [-0.2, -0.15) is 0 Å². The molecule has 2 rings (SSSR count). The molecule has 0 bridgehead atoms. The van der Waals surface area contributed by atoms with E-state index in [1.165, 1.54) is 0 Å². The third-order valence-electron chi connectivity index (χ3n) is 3.73. The van der Waals surface area contributed by atoms with E-state index in [9.17, 15) is 18.7 Å². The van der Waals surface area contributed by atoms with Gasteiger partial charge in [-0.15, -0.1) is 0 Å². The van der Waals surface area contributed by atoms with E-state index in [1.54, 1.807) is 18.2 Å². The van der Waals surface area contributed by atoms with Gasteiger partial charge in [0.2, 0.25) is 0 Å². The summed E-state index contributed by atoms with van der Waals surface area (Å²) in [6, 6.07) is 5.04. The first-order valence-corrected chi connectivity index (χ1v) is 10.3. The van der Waals surface area contributed by atoms with Crippen molar-refractivity contribution in [1.29, 1.82) is 0 Å². The van der Waals surface area contributed by atoms with E-state index in [0.717, 1.165) is 9.65 Å². The molecule has 11 heteroatoms. The van der Waals surface area contributed by atoms with Gasteiger partial charge in [0, 0.05) is 15.7 Å². The normalized spacial score (nSPS) is 17.2. The van der Waals surface area contributed by atoms with Crippen molar-refractivity contribution in [3.63, 3.8) is 0 Å². The molecule has 0 radical (unpaired) electrons. The summed E-state index contributed by atoms with van der Waals surface area (Å²) in [6.07, 6.45) is -0.596. The van der Waals surface area contributed by atoms with Crippen LogP contribution in [0.25, 0.3) is 0 Å². The second-order valence-corrected chi connectivity index (χ2v) is 8.43. The van der Waals surface area contributed by atoms with Crippen molar-refractivity contribution in [2.45, 2.75) is 24.9 Å². The minimum atomic E-state index is -3.19. The van der Waals surface area contributed by atoms with Crippen molar-refractivity contribution in [2.75, 3.05) is 18.5 Å². The van der Waals surface area contributed by atoms with Gasteiger partial charge < -0.3 is 15.5 Å². The highest BCUT2D eigenvalue weighted by Crippen LogP contribution is 2.41. The number of benzene rings is 1. The van der Waals surface area contributed by atoms with Crippen molar-refractivity contribution in [2.24, 2.45) is 0 Å². The first-order chi connectivity index (χ1) is 13.1. The number of amides is 1. The molecule has 1 unspecified atom stereocenters. The number of alkyl halides is 2. The molecule has 154 valence electrons. The van der Waals surface area contributed by atoms with E-state index in [0.29, 0.717) is 10.7 Å². The number of nitrogens with one attached hydrogen (secondary N) is 2. The Hall–Kier alpha value is -0.790. The predicted molar refractivity (Wildman–Crippen MR) is 113 cm³/mol. The third-order valence-corrected chi connectivity index (χ3v) is 5.53. The maximum atomic E-state index is 14.1. The zero-order valence-electron chi connectivity index (χ0n) is 14.3. The van der Waals surface area contributed by atoms with Crippen LogP contribution in [-0.2, 0) is 9.63 Å². The summed E-state index contributed by atoms with van der Waals surface area (Å²) in [5.74, 6) is -3.93. The fourth-order valence-corrected chi connectivity index (χ4v) is 3.52. The summed E-state index contributed by atoms with van der Waals surface area (Å²) >= 11 is 11.0. The average molecular weight is 594 g/mol. The van der Waals surface area contributed by atoms with Crippen LogP contribution in [0.3, 0.4) is 0 Å². The van der Waals surface area contributed by atoms with Crippen LogP contribution in [0.1, 0.15) is 12.8 Å². The Bertz CT molecular complexity index is 807. The highest BCUT2D eigenvalue weighted by atomic mass is 127. The minimum Gasteiger partial charge on any atom is -0.394 e. The lowest BCUT2D eigenvalue weighted by Gasteiger charge is -2.26. The van der Waals surface area contributed by atoms with Crippen molar-refractivity contribution in [3.8, 4) is 0 Å². The maximum Gasteiger partial charge on any atom is 0.284 e. The smallest absolute Gasteiger partial charge is 0.284 e. The topological polar surface area (TPSA) is 90.8 Å². The molecule has 0 aliphatic heterocycles. The first-order valence-electron chi connectivity index (χ1n) is 8.06. The molecular formula is C17H17BrClF2IN2O4. The number of allylic oxidation sites excluding steroid dienone is 2. The Balaban J connectivity index is 2.20. The van der Waals surface area contributed by atoms with E-state index in [-0.39, 0.29) is 24.3 Å². The van der Waals surface area contributed by atoms with Crippen LogP contribution in [0.2, 0.25) is 5.02 Å². The number of carbonyl (C=O) groups is 1. The Morgan fingerprint density at radius 2 is 2.18 bits per heavy atom. The number of hydrogen-bond donors (Lipinski definition) is 4. The molecule has 0 heterocycles. The number of aliphatic hydroxyl groups excluding tert-OH is 2. The summed E-state index contributed by atoms with van der Waals surface area (Å²) < 4.78 is 28.7. The number of rotatable bonds is 8. The zero-order valence-corrected chi connectivity index (χ0v) is 18.8. The Morgan fingerprint density at radius 1 is 1.46 bits per heavy atom. The van der Waals surface area contributed by atoms with Gasteiger partial charge in [-0.25, -0.2) is 14.3 Å². The molecule has 1 aliphatic carbocycles. The number of hydrogen-bond acceptors (Lipinski definition) is 5. The fourth-order valence-electron chi connectivity index (χ4n) is 2.25. The highest BCUT2D eigenvalue weighted by molar-refractivity contribution is 14.1. The average Bonchev–Trinajstić information content (AvgIpc) is 2.63. The second-order valence-electron chi connectivity index (χ2n) is 5.92. The number of hydroxylamine groups is 1. The van der Waals surface area contributed by atoms with E-state index >= 15 is 0 Å². The van der Waals surface area contributed by atoms with Crippen LogP contribution in [0.15, 0.2) is 40.0 Å². The van der Waals surface area contributed by atoms with E-state index in [2.05, 4.69) is 49.3 Å². The van der Waals surface area contributed by atoms with Gasteiger partial charge >= 0.3 is 0 Å². The lowest BCUT2D eigenvalue weighted by Crippen LogP contribution is -2.32. The molecule has 0 aromatic heterocycles. The summed E-state index contributed by atoms with van der Waals surface area (Å²) in [5.41, 5.74) is 2.46. The Labute approximate surface area is 187 Å². The van der Waals surface area contributed by atoms with Crippen LogP contribution in [-0.4, -0.2) is 41.4 Å². The Kier molecular flexibility index (Phi) is 8.64. The number of anilines is 1. The third kappa shape index (κ3) is 6.36. The quantitative estimate of drug-likeness (QED) is 0.210. The summed E-state index contributed by atoms with van der Waals surface area (Å²) in [4.78, 5) is 17.4. The van der Waals surface area contributed by atoms with Crippen molar-refractivity contribution >= 4 is 61.7 Å². The molecule has 28 heavy (non-hydrogen) atoms. The summed E-state index contributed by atoms with van der Waals surface area (Å²) in [7, 11) is 0. The van der Waals surface area contributed by atoms with Crippen molar-refractivity contribution in [1.82, 2.24) is 5.48 Å². The molecule has 1 aromatic rings. The van der Waals surface area contributed by atoms with Gasteiger partial charge in [-0.3, -0.25) is 9.63 Å². The molecule has 1 amide bonds. The van der Waals surface area contributed by atoms with Gasteiger partial charge in [0.05, 0.1) is 46.5 Å². The molecule has 0 saturated carbocycles. The standard InChI is InChI=1S/C17H17BrClF2IN2O4/c18-15-6-11(16(27)24-28-4-3-10(26)8-25)14(7-17(15,20)21)23-13-2-1-9(22)5-12(13)19/h1-2,5-6,10,23,25-26H,3-4,7-8H2,(H,24,27). The highest BCUT2D eigenvalue weighted by Gasteiger charge is 2.39. The molecule has 0 saturated heterocycles. The molecule has 6 nitrogen and oxygen atoms in total. The number of halogens is 5. The van der Waals surface area contributed by atoms with E-state index in [1.807, 2.05) is 0 Å². The first kappa shape index (κ1) is 23.5. The Morgan fingerprint density at radius 3 is 2.82 bits per heavy atom. The van der Waals surface area contributed by atoms with Crippen LogP contribution >= 0.6 is 50.1 Å². The van der Waals surface area contributed by atoms with Gasteiger partial charge in [0.25, 0.3) is 11.8 Å². The summed E-state index contributed by atoms with van der Waals surface area (Å²) in [5, 5.41) is 21.1. The monoisotopic (exact) mass is 592 g/mol. The van der Waals surface area contributed by atoms with Gasteiger partial charge in [0.1, 0.15) is 0 Å². The molecular weight excluding hydrogens is 576 g/mol. The molecule has 1 aromatic carbocycles. The largest absolute Gasteiger partial charge is 0.394 e.